The van der Waals surface area contributed by atoms with Crippen molar-refractivity contribution in [3.05, 3.63) is 124 Å². The van der Waals surface area contributed by atoms with Gasteiger partial charge in [-0.25, -0.2) is 6.07 Å². The van der Waals surface area contributed by atoms with E-state index in [-0.39, 0.29) is 35.6 Å². The molecule has 0 radical (unpaired) electrons. The van der Waals surface area contributed by atoms with E-state index in [9.17, 15) is 0 Å². The minimum atomic E-state index is 0. The predicted octanol–water partition coefficient (Wildman–Crippen LogP) is 5.31. The van der Waals surface area contributed by atoms with Crippen LogP contribution in [0.4, 0.5) is 0 Å². The molecule has 4 bridgehead atoms. The van der Waals surface area contributed by atoms with Crippen molar-refractivity contribution in [2.75, 3.05) is 0 Å². The molecule has 0 aliphatic heterocycles. The molecule has 0 saturated heterocycles. The Morgan fingerprint density at radius 2 is 1.36 bits per heavy atom. The van der Waals surface area contributed by atoms with Crippen LogP contribution in [-0.4, -0.2) is 3.21 Å². The second-order valence-corrected chi connectivity index (χ2v) is 18.5. The zero-order valence-corrected chi connectivity index (χ0v) is 33.5. The topological polar surface area (TPSA) is 0 Å². The first-order valence-electron chi connectivity index (χ1n) is 17.3. The van der Waals surface area contributed by atoms with Crippen molar-refractivity contribution in [1.82, 2.24) is 0 Å². The summed E-state index contributed by atoms with van der Waals surface area (Å²) in [6.07, 6.45) is 10.2. The molecule has 5 aliphatic rings. The summed E-state index contributed by atoms with van der Waals surface area (Å²) in [5.41, 5.74) is 12.4. The Balaban J connectivity index is 0.000000168. The maximum Gasteiger partial charge on any atom is -0.0411 e. The van der Waals surface area contributed by atoms with Gasteiger partial charge in [0.2, 0.25) is 0 Å². The summed E-state index contributed by atoms with van der Waals surface area (Å²) in [5.74, 6) is 3.23. The first kappa shape index (κ1) is 38.1. The molecule has 4 saturated carbocycles. The largest absolute Gasteiger partial charge is 1.00 e. The maximum atomic E-state index is 3.67. The van der Waals surface area contributed by atoms with Crippen LogP contribution in [0.3, 0.4) is 0 Å². The van der Waals surface area contributed by atoms with Gasteiger partial charge in [0.15, 0.2) is 0 Å². The fraction of sp³-hybridized carbons (Fsp3) is 0.455. The molecule has 0 N–H and O–H groups in total. The molecule has 3 heteroatoms. The summed E-state index contributed by atoms with van der Waals surface area (Å²) in [4.78, 5) is 0. The van der Waals surface area contributed by atoms with Gasteiger partial charge in [-0.05, 0) is 65.4 Å². The van der Waals surface area contributed by atoms with Crippen LogP contribution in [0.2, 0.25) is 0 Å². The van der Waals surface area contributed by atoms with Crippen LogP contribution in [0.1, 0.15) is 120 Å². The van der Waals surface area contributed by atoms with E-state index in [0.717, 1.165) is 24.2 Å². The second kappa shape index (κ2) is 15.1. The van der Waals surface area contributed by atoms with E-state index in [0.29, 0.717) is 5.41 Å². The van der Waals surface area contributed by atoms with Gasteiger partial charge in [0.05, 0.1) is 0 Å². The Morgan fingerprint density at radius 3 is 1.85 bits per heavy atom. The first-order valence-corrected chi connectivity index (χ1v) is 18.6. The summed E-state index contributed by atoms with van der Waals surface area (Å²) < 4.78 is 1.46. The Bertz CT molecular complexity index is 1540. The van der Waals surface area contributed by atoms with Gasteiger partial charge in [-0.3, -0.25) is 0 Å². The van der Waals surface area contributed by atoms with Gasteiger partial charge in [-0.2, -0.15) is 47.5 Å². The van der Waals surface area contributed by atoms with Crippen LogP contribution in [0, 0.1) is 23.8 Å². The number of benzene rings is 3. The fourth-order valence-electron chi connectivity index (χ4n) is 8.91. The molecular formula is C44H52Cl2Zr-2. The molecule has 9 rings (SSSR count). The zero-order chi connectivity index (χ0) is 32.0. The van der Waals surface area contributed by atoms with Crippen molar-refractivity contribution in [2.45, 2.75) is 110 Å². The van der Waals surface area contributed by atoms with Gasteiger partial charge in [0.25, 0.3) is 0 Å². The Labute approximate surface area is 313 Å². The average Bonchev–Trinajstić information content (AvgIpc) is 3.65. The van der Waals surface area contributed by atoms with Crippen molar-refractivity contribution < 1.29 is 49.0 Å². The smallest absolute Gasteiger partial charge is 0.0411 e. The molecule has 5 aliphatic carbocycles. The van der Waals surface area contributed by atoms with Crippen LogP contribution < -0.4 is 24.8 Å². The van der Waals surface area contributed by atoms with Crippen LogP contribution in [0.15, 0.2) is 84.9 Å². The molecular weight excluding hydrogens is 691 g/mol. The monoisotopic (exact) mass is 740 g/mol. The minimum absolute atomic E-state index is 0. The van der Waals surface area contributed by atoms with Crippen molar-refractivity contribution in [3.63, 3.8) is 0 Å². The van der Waals surface area contributed by atoms with Crippen molar-refractivity contribution in [1.29, 1.82) is 0 Å². The summed E-state index contributed by atoms with van der Waals surface area (Å²) in [5, 5.41) is 0. The van der Waals surface area contributed by atoms with E-state index >= 15 is 0 Å². The molecule has 0 unspecified atom stereocenters. The van der Waals surface area contributed by atoms with Crippen LogP contribution >= 0.6 is 0 Å². The molecule has 0 spiro atoms. The predicted molar refractivity (Wildman–Crippen MR) is 189 cm³/mol. The number of rotatable bonds is 2. The molecule has 4 aromatic carbocycles. The van der Waals surface area contributed by atoms with E-state index in [2.05, 4.69) is 133 Å². The Hall–Kier alpha value is -1.66. The van der Waals surface area contributed by atoms with Crippen LogP contribution in [0.5, 0.6) is 0 Å². The maximum absolute atomic E-state index is 3.67. The van der Waals surface area contributed by atoms with Crippen molar-refractivity contribution in [2.24, 2.45) is 17.8 Å². The summed E-state index contributed by atoms with van der Waals surface area (Å²) >= 11 is 1.51. The molecule has 47 heavy (non-hydrogen) atoms. The molecule has 248 valence electrons. The molecule has 0 aromatic heterocycles. The van der Waals surface area contributed by atoms with E-state index in [1.807, 2.05) is 6.07 Å². The van der Waals surface area contributed by atoms with Crippen LogP contribution in [0.25, 0.3) is 11.1 Å². The number of hydrogen-bond acceptors (Lipinski definition) is 0. The SMILES string of the molecule is CC(C)(C)c1[c-]c2c(cc1)-c1ccc(C(C)(C)C)cc1C2.C[C](=[Zr+2])c1ccccc1.[Cl-].[Cl-].c1cc(C23CC4CC(CC(C4)C2)C3)c[cH-]1. The summed E-state index contributed by atoms with van der Waals surface area (Å²) in [6.45, 7) is 15.8. The van der Waals surface area contributed by atoms with Crippen LogP contribution in [-0.2, 0) is 46.9 Å². The molecule has 0 nitrogen and oxygen atoms in total. The third-order valence-electron chi connectivity index (χ3n) is 11.0. The van der Waals surface area contributed by atoms with Crippen molar-refractivity contribution >= 4 is 3.21 Å². The average molecular weight is 743 g/mol. The fourth-order valence-corrected chi connectivity index (χ4v) is 9.32. The third-order valence-corrected chi connectivity index (χ3v) is 11.7. The van der Waals surface area contributed by atoms with Gasteiger partial charge in [-0.1, -0.05) is 90.0 Å². The molecule has 4 aromatic rings. The summed E-state index contributed by atoms with van der Waals surface area (Å²) in [7, 11) is 0. The van der Waals surface area contributed by atoms with E-state index in [1.54, 1.807) is 24.8 Å². The van der Waals surface area contributed by atoms with Gasteiger partial charge in [0, 0.05) is 0 Å². The number of hydrogen-bond donors (Lipinski definition) is 0. The van der Waals surface area contributed by atoms with Gasteiger partial charge >= 0.3 is 70.3 Å². The minimum Gasteiger partial charge on any atom is -1.00 e. The third kappa shape index (κ3) is 8.57. The van der Waals surface area contributed by atoms with Gasteiger partial charge in [-0.15, -0.1) is 11.1 Å². The normalized spacial score (nSPS) is 23.1. The quantitative estimate of drug-likeness (QED) is 0.216. The Kier molecular flexibility index (Phi) is 12.2. The number of fused-ring (bicyclic) bond motifs is 3. The molecule has 4 fully saturated rings. The van der Waals surface area contributed by atoms with E-state index < -0.39 is 0 Å². The van der Waals surface area contributed by atoms with E-state index in [4.69, 9.17) is 0 Å². The molecule has 0 heterocycles. The standard InChI is InChI=1S/C21H25.C15H19.C8H8.2ClH.Zr/c1-20(2,3)16-7-9-18-14(12-16)11-15-13-17(21(4,5)6)8-10-19(15)18;1-2-4-14(3-1)15-8-11-5-12(9-15)7-13(6-11)10-15;1-2-8-6-4-3-5-7-8;;;/h7-10,12H,11H2,1-6H3;1-4,11-13H,5-10H2;3-7H,1H3;2*1H;/q2*-1;;;;+2/p-2. The van der Waals surface area contributed by atoms with Gasteiger partial charge < -0.3 is 24.8 Å². The molecule has 0 atom stereocenters. The molecule has 0 amide bonds. The van der Waals surface area contributed by atoms with Crippen molar-refractivity contribution in [3.8, 4) is 11.1 Å². The number of halogens is 2. The zero-order valence-electron chi connectivity index (χ0n) is 29.5. The van der Waals surface area contributed by atoms with Gasteiger partial charge in [0.1, 0.15) is 0 Å². The van der Waals surface area contributed by atoms with E-state index in [1.165, 1.54) is 85.6 Å². The first-order chi connectivity index (χ1) is 21.3. The Morgan fingerprint density at radius 1 is 0.766 bits per heavy atom. The second-order valence-electron chi connectivity index (χ2n) is 16.7. The summed E-state index contributed by atoms with van der Waals surface area (Å²) in [6, 6.07) is 34.9.